The molecule has 0 spiro atoms. The molecule has 2 atom stereocenters. The van der Waals surface area contributed by atoms with Crippen LogP contribution in [-0.2, 0) is 4.79 Å². The molecule has 2 nitrogen and oxygen atoms in total. The Morgan fingerprint density at radius 3 is 2.50 bits per heavy atom. The zero-order chi connectivity index (χ0) is 14.5. The van der Waals surface area contributed by atoms with Crippen molar-refractivity contribution in [1.29, 1.82) is 0 Å². The highest BCUT2D eigenvalue weighted by Crippen LogP contribution is 2.29. The molecule has 4 heteroatoms. The predicted octanol–water partition coefficient (Wildman–Crippen LogP) is 4.12. The van der Waals surface area contributed by atoms with Gasteiger partial charge in [-0.15, -0.1) is 0 Å². The highest BCUT2D eigenvalue weighted by molar-refractivity contribution is 9.10. The molecule has 0 radical (unpaired) electrons. The van der Waals surface area contributed by atoms with Gasteiger partial charge in [-0.2, -0.15) is 0 Å². The molecule has 0 aliphatic carbocycles. The fourth-order valence-corrected chi connectivity index (χ4v) is 3.12. The summed E-state index contributed by atoms with van der Waals surface area (Å²) in [5.74, 6) is 1.00. The van der Waals surface area contributed by atoms with E-state index in [0.29, 0.717) is 11.8 Å². The first-order valence-corrected chi connectivity index (χ1v) is 8.46. The third kappa shape index (κ3) is 4.31. The van der Waals surface area contributed by atoms with Crippen molar-refractivity contribution in [1.82, 2.24) is 4.90 Å². The Labute approximate surface area is 134 Å². The molecule has 1 fully saturated rings. The van der Waals surface area contributed by atoms with E-state index in [2.05, 4.69) is 39.9 Å². The quantitative estimate of drug-likeness (QED) is 0.583. The number of likely N-dealkylation sites (tertiary alicyclic amines) is 1. The van der Waals surface area contributed by atoms with E-state index in [-0.39, 0.29) is 4.83 Å². The summed E-state index contributed by atoms with van der Waals surface area (Å²) < 4.78 is 0. The van der Waals surface area contributed by atoms with Crippen LogP contribution in [0.2, 0.25) is 5.02 Å². The lowest BCUT2D eigenvalue weighted by Crippen LogP contribution is -2.38. The highest BCUT2D eigenvalue weighted by Gasteiger charge is 2.23. The molecule has 2 rings (SSSR count). The van der Waals surface area contributed by atoms with Crippen molar-refractivity contribution in [2.24, 2.45) is 5.92 Å². The van der Waals surface area contributed by atoms with Gasteiger partial charge < -0.3 is 9.69 Å². The van der Waals surface area contributed by atoms with Gasteiger partial charge in [0.1, 0.15) is 6.29 Å². The minimum atomic E-state index is -0.0310. The van der Waals surface area contributed by atoms with E-state index in [9.17, 15) is 4.79 Å². The Morgan fingerprint density at radius 1 is 1.35 bits per heavy atom. The van der Waals surface area contributed by atoms with Crippen molar-refractivity contribution in [2.45, 2.75) is 30.5 Å². The second kappa shape index (κ2) is 7.58. The van der Waals surface area contributed by atoms with Gasteiger partial charge in [-0.3, -0.25) is 0 Å². The maximum Gasteiger partial charge on any atom is 0.133 e. The Bertz CT molecular complexity index is 429. The molecule has 0 amide bonds. The SMILES string of the molecule is CC(CN1CCC(c2ccc(Cl)cc2)CC1)C(Br)C=O. The maximum atomic E-state index is 10.8. The fraction of sp³-hybridized carbons (Fsp3) is 0.562. The molecule has 110 valence electrons. The van der Waals surface area contributed by atoms with Crippen molar-refractivity contribution in [3.05, 3.63) is 34.9 Å². The number of piperidine rings is 1. The second-order valence-corrected chi connectivity index (χ2v) is 7.18. The van der Waals surface area contributed by atoms with Crippen LogP contribution >= 0.6 is 27.5 Å². The minimum absolute atomic E-state index is 0.0310. The third-order valence-electron chi connectivity index (χ3n) is 4.15. The average Bonchev–Trinajstić information content (AvgIpc) is 2.48. The normalized spacial score (nSPS) is 20.6. The van der Waals surface area contributed by atoms with Crippen LogP contribution in [0.25, 0.3) is 0 Å². The van der Waals surface area contributed by atoms with E-state index in [0.717, 1.165) is 30.9 Å². The van der Waals surface area contributed by atoms with Gasteiger partial charge in [-0.1, -0.05) is 46.6 Å². The smallest absolute Gasteiger partial charge is 0.133 e. The van der Waals surface area contributed by atoms with E-state index in [1.54, 1.807) is 0 Å². The van der Waals surface area contributed by atoms with Crippen LogP contribution in [0.3, 0.4) is 0 Å². The number of aldehydes is 1. The first-order valence-electron chi connectivity index (χ1n) is 7.17. The number of nitrogens with zero attached hydrogens (tertiary/aromatic N) is 1. The minimum Gasteiger partial charge on any atom is -0.303 e. The number of halogens is 2. The first kappa shape index (κ1) is 16.0. The summed E-state index contributed by atoms with van der Waals surface area (Å²) in [6, 6.07) is 8.24. The molecule has 1 aliphatic rings. The lowest BCUT2D eigenvalue weighted by molar-refractivity contribution is -0.108. The summed E-state index contributed by atoms with van der Waals surface area (Å²) in [5, 5.41) is 0.803. The summed E-state index contributed by atoms with van der Waals surface area (Å²) in [4.78, 5) is 13.2. The number of carbonyl (C=O) groups excluding carboxylic acids is 1. The van der Waals surface area contributed by atoms with Crippen LogP contribution in [0, 0.1) is 5.92 Å². The van der Waals surface area contributed by atoms with Gasteiger partial charge in [0.15, 0.2) is 0 Å². The molecule has 1 heterocycles. The lowest BCUT2D eigenvalue weighted by Gasteiger charge is -2.34. The standard InChI is InChI=1S/C16H21BrClNO/c1-12(16(17)11-20)10-19-8-6-14(7-9-19)13-2-4-15(18)5-3-13/h2-5,11-12,14,16H,6-10H2,1H3. The summed E-state index contributed by atoms with van der Waals surface area (Å²) in [7, 11) is 0. The Balaban J connectivity index is 1.83. The third-order valence-corrected chi connectivity index (χ3v) is 5.52. The number of alkyl halides is 1. The number of hydrogen-bond acceptors (Lipinski definition) is 2. The molecule has 0 N–H and O–H groups in total. The van der Waals surface area contributed by atoms with Crippen molar-refractivity contribution in [2.75, 3.05) is 19.6 Å². The number of benzene rings is 1. The van der Waals surface area contributed by atoms with Crippen molar-refractivity contribution < 1.29 is 4.79 Å². The maximum absolute atomic E-state index is 10.8. The van der Waals surface area contributed by atoms with Gasteiger partial charge in [-0.05, 0) is 55.5 Å². The van der Waals surface area contributed by atoms with Gasteiger partial charge in [0.2, 0.25) is 0 Å². The van der Waals surface area contributed by atoms with E-state index in [1.807, 2.05) is 12.1 Å². The van der Waals surface area contributed by atoms with Gasteiger partial charge in [-0.25, -0.2) is 0 Å². The van der Waals surface area contributed by atoms with Crippen LogP contribution in [0.4, 0.5) is 0 Å². The monoisotopic (exact) mass is 357 g/mol. The van der Waals surface area contributed by atoms with Gasteiger partial charge in [0.05, 0.1) is 4.83 Å². The molecule has 0 bridgehead atoms. The molecule has 20 heavy (non-hydrogen) atoms. The molecular formula is C16H21BrClNO. The summed E-state index contributed by atoms with van der Waals surface area (Å²) in [6.07, 6.45) is 3.36. The summed E-state index contributed by atoms with van der Waals surface area (Å²) in [5.41, 5.74) is 1.40. The Kier molecular flexibility index (Phi) is 6.06. The fourth-order valence-electron chi connectivity index (χ4n) is 2.83. The zero-order valence-corrected chi connectivity index (χ0v) is 14.1. The molecule has 1 aromatic carbocycles. The molecule has 2 unspecified atom stereocenters. The number of rotatable bonds is 5. The van der Waals surface area contributed by atoms with Gasteiger partial charge >= 0.3 is 0 Å². The summed E-state index contributed by atoms with van der Waals surface area (Å²) in [6.45, 7) is 5.33. The Hall–Kier alpha value is -0.380. The second-order valence-electron chi connectivity index (χ2n) is 5.68. The topological polar surface area (TPSA) is 20.3 Å². The van der Waals surface area contributed by atoms with E-state index >= 15 is 0 Å². The highest BCUT2D eigenvalue weighted by atomic mass is 79.9. The first-order chi connectivity index (χ1) is 9.60. The molecule has 1 saturated heterocycles. The van der Waals surface area contributed by atoms with Gasteiger partial charge in [0.25, 0.3) is 0 Å². The largest absolute Gasteiger partial charge is 0.303 e. The van der Waals surface area contributed by atoms with E-state index in [4.69, 9.17) is 11.6 Å². The number of hydrogen-bond donors (Lipinski definition) is 0. The Morgan fingerprint density at radius 2 is 1.95 bits per heavy atom. The van der Waals surface area contributed by atoms with Crippen LogP contribution < -0.4 is 0 Å². The van der Waals surface area contributed by atoms with E-state index < -0.39 is 0 Å². The molecule has 0 aromatic heterocycles. The lowest BCUT2D eigenvalue weighted by atomic mass is 9.89. The van der Waals surface area contributed by atoms with Crippen molar-refractivity contribution in [3.8, 4) is 0 Å². The van der Waals surface area contributed by atoms with Crippen LogP contribution in [-0.4, -0.2) is 35.6 Å². The molecule has 1 aromatic rings. The number of carbonyl (C=O) groups is 1. The predicted molar refractivity (Wildman–Crippen MR) is 87.8 cm³/mol. The van der Waals surface area contributed by atoms with E-state index in [1.165, 1.54) is 18.4 Å². The molecule has 1 aliphatic heterocycles. The molecular weight excluding hydrogens is 338 g/mol. The zero-order valence-electron chi connectivity index (χ0n) is 11.8. The average molecular weight is 359 g/mol. The van der Waals surface area contributed by atoms with Crippen molar-refractivity contribution in [3.63, 3.8) is 0 Å². The van der Waals surface area contributed by atoms with Crippen molar-refractivity contribution >= 4 is 33.8 Å². The molecule has 0 saturated carbocycles. The van der Waals surface area contributed by atoms with Crippen LogP contribution in [0.5, 0.6) is 0 Å². The summed E-state index contributed by atoms with van der Waals surface area (Å²) >= 11 is 9.35. The van der Waals surface area contributed by atoms with Crippen LogP contribution in [0.1, 0.15) is 31.2 Å². The van der Waals surface area contributed by atoms with Gasteiger partial charge in [0, 0.05) is 11.6 Å². The van der Waals surface area contributed by atoms with Crippen LogP contribution in [0.15, 0.2) is 24.3 Å².